The number of aliphatic carboxylic acids is 1. The molecule has 1 unspecified atom stereocenters. The molecule has 0 aliphatic heterocycles. The van der Waals surface area contributed by atoms with E-state index < -0.39 is 12.1 Å². The van der Waals surface area contributed by atoms with Crippen molar-refractivity contribution in [2.24, 2.45) is 0 Å². The third-order valence-corrected chi connectivity index (χ3v) is 4.38. The van der Waals surface area contributed by atoms with Crippen molar-refractivity contribution in [2.45, 2.75) is 109 Å². The molecule has 1 atom stereocenters. The average Bonchev–Trinajstić information content (AvgIpc) is 2.51. The third kappa shape index (κ3) is 14.4. The smallest absolute Gasteiger partial charge is 0.332 e. The van der Waals surface area contributed by atoms with Crippen LogP contribution in [-0.2, 0) is 9.53 Å². The fourth-order valence-electron chi connectivity index (χ4n) is 2.87. The number of methoxy groups -OCH3 is 1. The molecule has 0 bridgehead atoms. The van der Waals surface area contributed by atoms with E-state index in [0.29, 0.717) is 6.42 Å². The summed E-state index contributed by atoms with van der Waals surface area (Å²) in [6.07, 6.45) is 18.5. The number of carboxylic acids is 1. The van der Waals surface area contributed by atoms with E-state index in [0.717, 1.165) is 12.8 Å². The number of rotatable bonds is 17. The van der Waals surface area contributed by atoms with E-state index in [9.17, 15) is 4.79 Å². The van der Waals surface area contributed by atoms with Crippen molar-refractivity contribution in [3.63, 3.8) is 0 Å². The minimum Gasteiger partial charge on any atom is -0.479 e. The van der Waals surface area contributed by atoms with Gasteiger partial charge in [-0.25, -0.2) is 4.79 Å². The van der Waals surface area contributed by atoms with E-state index in [4.69, 9.17) is 9.84 Å². The molecule has 0 rings (SSSR count). The Hall–Kier alpha value is -0.570. The van der Waals surface area contributed by atoms with Crippen LogP contribution in [0, 0.1) is 0 Å². The molecule has 0 fully saturated rings. The zero-order valence-electron chi connectivity index (χ0n) is 14.9. The molecular weight excluding hydrogens is 276 g/mol. The molecule has 0 saturated heterocycles. The van der Waals surface area contributed by atoms with Gasteiger partial charge in [-0.2, -0.15) is 0 Å². The van der Waals surface area contributed by atoms with E-state index in [1.165, 1.54) is 84.2 Å². The first-order chi connectivity index (χ1) is 10.7. The van der Waals surface area contributed by atoms with Crippen LogP contribution in [0.15, 0.2) is 0 Å². The summed E-state index contributed by atoms with van der Waals surface area (Å²) in [4.78, 5) is 10.8. The molecule has 1 N–H and O–H groups in total. The molecular formula is C19H38O3. The van der Waals surface area contributed by atoms with Crippen molar-refractivity contribution in [1.82, 2.24) is 0 Å². The summed E-state index contributed by atoms with van der Waals surface area (Å²) >= 11 is 0. The molecule has 0 aliphatic carbocycles. The van der Waals surface area contributed by atoms with E-state index in [1.54, 1.807) is 0 Å². The fraction of sp³-hybridized carbons (Fsp3) is 0.947. The van der Waals surface area contributed by atoms with Crippen LogP contribution in [0.4, 0.5) is 0 Å². The highest BCUT2D eigenvalue weighted by Gasteiger charge is 2.14. The summed E-state index contributed by atoms with van der Waals surface area (Å²) in [6, 6.07) is 0. The van der Waals surface area contributed by atoms with Crippen LogP contribution in [0.1, 0.15) is 103 Å². The quantitative estimate of drug-likeness (QED) is 0.337. The van der Waals surface area contributed by atoms with Gasteiger partial charge in [0.05, 0.1) is 0 Å². The van der Waals surface area contributed by atoms with E-state index >= 15 is 0 Å². The van der Waals surface area contributed by atoms with Gasteiger partial charge in [0.2, 0.25) is 0 Å². The molecule has 0 aromatic rings. The lowest BCUT2D eigenvalue weighted by Crippen LogP contribution is -2.21. The lowest BCUT2D eigenvalue weighted by molar-refractivity contribution is -0.148. The van der Waals surface area contributed by atoms with Crippen LogP contribution in [0.25, 0.3) is 0 Å². The molecule has 0 saturated carbocycles. The van der Waals surface area contributed by atoms with Crippen LogP contribution < -0.4 is 0 Å². The first kappa shape index (κ1) is 21.4. The van der Waals surface area contributed by atoms with Gasteiger partial charge in [0.1, 0.15) is 0 Å². The molecule has 3 heteroatoms. The molecule has 132 valence electrons. The van der Waals surface area contributed by atoms with Gasteiger partial charge in [-0.15, -0.1) is 0 Å². The SMILES string of the molecule is CCCCCCCCCCCCCCCCC(OC)C(=O)O. The lowest BCUT2D eigenvalue weighted by Gasteiger charge is -2.09. The Kier molecular flexibility index (Phi) is 16.4. The van der Waals surface area contributed by atoms with Crippen LogP contribution in [0.3, 0.4) is 0 Å². The number of unbranched alkanes of at least 4 members (excludes halogenated alkanes) is 13. The number of carbonyl (C=O) groups is 1. The van der Waals surface area contributed by atoms with E-state index in [1.807, 2.05) is 0 Å². The molecule has 0 radical (unpaired) electrons. The summed E-state index contributed by atoms with van der Waals surface area (Å²) in [5.74, 6) is -0.836. The van der Waals surface area contributed by atoms with Gasteiger partial charge in [0, 0.05) is 7.11 Å². The zero-order valence-corrected chi connectivity index (χ0v) is 14.9. The maximum absolute atomic E-state index is 10.8. The Balaban J connectivity index is 3.13. The van der Waals surface area contributed by atoms with Gasteiger partial charge >= 0.3 is 5.97 Å². The first-order valence-corrected chi connectivity index (χ1v) is 9.48. The Morgan fingerprint density at radius 1 is 0.773 bits per heavy atom. The molecule has 0 spiro atoms. The second kappa shape index (κ2) is 16.8. The number of ether oxygens (including phenoxy) is 1. The highest BCUT2D eigenvalue weighted by atomic mass is 16.5. The Morgan fingerprint density at radius 3 is 1.45 bits per heavy atom. The van der Waals surface area contributed by atoms with Gasteiger partial charge in [0.15, 0.2) is 6.10 Å². The van der Waals surface area contributed by atoms with Crippen molar-refractivity contribution in [1.29, 1.82) is 0 Å². The van der Waals surface area contributed by atoms with Crippen molar-refractivity contribution in [3.05, 3.63) is 0 Å². The maximum Gasteiger partial charge on any atom is 0.332 e. The number of hydrogen-bond acceptors (Lipinski definition) is 2. The van der Waals surface area contributed by atoms with E-state index in [2.05, 4.69) is 6.92 Å². The largest absolute Gasteiger partial charge is 0.479 e. The predicted octanol–water partition coefficient (Wildman–Crippen LogP) is 5.96. The highest BCUT2D eigenvalue weighted by Crippen LogP contribution is 2.14. The molecule has 3 nitrogen and oxygen atoms in total. The van der Waals surface area contributed by atoms with Crippen LogP contribution in [0.2, 0.25) is 0 Å². The molecule has 0 amide bonds. The monoisotopic (exact) mass is 314 g/mol. The summed E-state index contributed by atoms with van der Waals surface area (Å²) in [5.41, 5.74) is 0. The average molecular weight is 315 g/mol. The minimum atomic E-state index is -0.836. The van der Waals surface area contributed by atoms with Crippen LogP contribution >= 0.6 is 0 Å². The summed E-state index contributed by atoms with van der Waals surface area (Å²) in [6.45, 7) is 2.27. The first-order valence-electron chi connectivity index (χ1n) is 9.48. The van der Waals surface area contributed by atoms with Crippen molar-refractivity contribution in [2.75, 3.05) is 7.11 Å². The summed E-state index contributed by atoms with van der Waals surface area (Å²) in [7, 11) is 1.47. The highest BCUT2D eigenvalue weighted by molar-refractivity contribution is 5.72. The predicted molar refractivity (Wildman–Crippen MR) is 93.4 cm³/mol. The fourth-order valence-corrected chi connectivity index (χ4v) is 2.87. The Labute approximate surface area is 137 Å². The molecule has 0 heterocycles. The second-order valence-corrected chi connectivity index (χ2v) is 6.45. The zero-order chi connectivity index (χ0) is 16.5. The van der Waals surface area contributed by atoms with Crippen LogP contribution in [0.5, 0.6) is 0 Å². The Morgan fingerprint density at radius 2 is 1.14 bits per heavy atom. The van der Waals surface area contributed by atoms with Gasteiger partial charge in [-0.05, 0) is 6.42 Å². The molecule has 0 aromatic carbocycles. The van der Waals surface area contributed by atoms with Gasteiger partial charge in [-0.3, -0.25) is 0 Å². The van der Waals surface area contributed by atoms with Gasteiger partial charge in [-0.1, -0.05) is 96.8 Å². The molecule has 22 heavy (non-hydrogen) atoms. The molecule has 0 aromatic heterocycles. The number of carboxylic acid groups (broad SMARTS) is 1. The summed E-state index contributed by atoms with van der Waals surface area (Å²) in [5, 5.41) is 8.85. The van der Waals surface area contributed by atoms with Crippen molar-refractivity contribution >= 4 is 5.97 Å². The summed E-state index contributed by atoms with van der Waals surface area (Å²) < 4.78 is 4.93. The third-order valence-electron chi connectivity index (χ3n) is 4.38. The lowest BCUT2D eigenvalue weighted by atomic mass is 10.0. The van der Waals surface area contributed by atoms with Crippen molar-refractivity contribution < 1.29 is 14.6 Å². The second-order valence-electron chi connectivity index (χ2n) is 6.45. The minimum absolute atomic E-state index is 0.614. The Bertz CT molecular complexity index is 241. The maximum atomic E-state index is 10.8. The van der Waals surface area contributed by atoms with Gasteiger partial charge in [0.25, 0.3) is 0 Å². The topological polar surface area (TPSA) is 46.5 Å². The standard InChI is InChI=1S/C19H38O3/c1-3-4-5-6-7-8-9-10-11-12-13-14-15-16-17-18(22-2)19(20)21/h18H,3-17H2,1-2H3,(H,20,21). The van der Waals surface area contributed by atoms with Crippen LogP contribution in [-0.4, -0.2) is 24.3 Å². The van der Waals surface area contributed by atoms with Gasteiger partial charge < -0.3 is 9.84 Å². The van der Waals surface area contributed by atoms with Crippen molar-refractivity contribution in [3.8, 4) is 0 Å². The molecule has 0 aliphatic rings. The van der Waals surface area contributed by atoms with E-state index in [-0.39, 0.29) is 0 Å². The normalized spacial score (nSPS) is 12.5. The number of hydrogen-bond donors (Lipinski definition) is 1.